The molecule has 4 heterocycles. The van der Waals surface area contributed by atoms with Crippen molar-refractivity contribution >= 4 is 57.1 Å². The number of hydrogen-bond acceptors (Lipinski definition) is 10. The monoisotopic (exact) mass is 572 g/mol. The molecule has 5 aromatic rings. The second-order valence-corrected chi connectivity index (χ2v) is 11.5. The lowest BCUT2D eigenvalue weighted by molar-refractivity contribution is -0.156. The van der Waals surface area contributed by atoms with Gasteiger partial charge in [-0.15, -0.1) is 0 Å². The number of halogens is 1. The quantitative estimate of drug-likeness (QED) is 0.244. The average molecular weight is 573 g/mol. The molecular formula is C29H29ClN8O3. The van der Waals surface area contributed by atoms with E-state index in [1.807, 2.05) is 61.6 Å². The summed E-state index contributed by atoms with van der Waals surface area (Å²) in [4.78, 5) is 36.5. The summed E-state index contributed by atoms with van der Waals surface area (Å²) >= 11 is 6.58. The van der Waals surface area contributed by atoms with Gasteiger partial charge in [0, 0.05) is 37.8 Å². The van der Waals surface area contributed by atoms with Gasteiger partial charge in [0.15, 0.2) is 5.82 Å². The van der Waals surface area contributed by atoms with Gasteiger partial charge in [-0.2, -0.15) is 0 Å². The smallest absolute Gasteiger partial charge is 0.306 e. The van der Waals surface area contributed by atoms with Gasteiger partial charge in [-0.25, -0.2) is 24.9 Å². The molecule has 0 aliphatic carbocycles. The summed E-state index contributed by atoms with van der Waals surface area (Å²) in [5, 5.41) is 3.72. The van der Waals surface area contributed by atoms with Crippen molar-refractivity contribution in [3.05, 3.63) is 60.3 Å². The second-order valence-electron chi connectivity index (χ2n) is 11.1. The van der Waals surface area contributed by atoms with Crippen LogP contribution in [0, 0.1) is 5.92 Å². The normalized spacial score (nSPS) is 13.8. The zero-order valence-electron chi connectivity index (χ0n) is 23.1. The minimum absolute atomic E-state index is 0.189. The van der Waals surface area contributed by atoms with Gasteiger partial charge < -0.3 is 24.3 Å². The van der Waals surface area contributed by atoms with Gasteiger partial charge in [0.25, 0.3) is 0 Å². The van der Waals surface area contributed by atoms with E-state index in [0.717, 1.165) is 11.0 Å². The highest BCUT2D eigenvalue weighted by Gasteiger charge is 2.32. The van der Waals surface area contributed by atoms with Crippen LogP contribution in [-0.4, -0.2) is 54.1 Å². The van der Waals surface area contributed by atoms with Crippen molar-refractivity contribution in [2.75, 3.05) is 23.3 Å². The summed E-state index contributed by atoms with van der Waals surface area (Å²) in [6.45, 7) is 6.95. The fourth-order valence-electron chi connectivity index (χ4n) is 4.67. The molecule has 0 unspecified atom stereocenters. The molecule has 0 amide bonds. The topological polar surface area (TPSA) is 120 Å². The molecule has 6 rings (SSSR count). The van der Waals surface area contributed by atoms with E-state index in [-0.39, 0.29) is 11.9 Å². The molecular weight excluding hydrogens is 544 g/mol. The zero-order chi connectivity index (χ0) is 28.7. The molecule has 210 valence electrons. The highest BCUT2D eigenvalue weighted by molar-refractivity contribution is 6.32. The number of nitrogens with one attached hydrogen (secondary N) is 1. The van der Waals surface area contributed by atoms with E-state index in [0.29, 0.717) is 64.5 Å². The Balaban J connectivity index is 1.15. The van der Waals surface area contributed by atoms with Gasteiger partial charge in [0.2, 0.25) is 5.95 Å². The Morgan fingerprint density at radius 2 is 1.90 bits per heavy atom. The third-order valence-corrected chi connectivity index (χ3v) is 6.89. The van der Waals surface area contributed by atoms with E-state index < -0.39 is 5.60 Å². The molecule has 1 aliphatic rings. The molecule has 0 atom stereocenters. The van der Waals surface area contributed by atoms with Crippen LogP contribution in [0.15, 0.2) is 55.2 Å². The minimum atomic E-state index is -0.488. The molecule has 11 nitrogen and oxygen atoms in total. The van der Waals surface area contributed by atoms with E-state index >= 15 is 0 Å². The van der Waals surface area contributed by atoms with Crippen LogP contribution in [0.1, 0.15) is 27.2 Å². The van der Waals surface area contributed by atoms with Gasteiger partial charge in [0.05, 0.1) is 35.0 Å². The molecule has 1 saturated heterocycles. The Hall–Kier alpha value is -4.51. The number of aromatic nitrogens is 6. The standard InChI is InChI=1S/C29H29ClN8O3/c1-29(2,3)41-25(39)9-17-13-38(14-17)28-31-12-22-26(36-28)27(33-15-32-22)35-18-5-8-24(20(30)10-18)40-19-6-7-23-21(11-19)34-16-37(23)4/h5-8,10-12,15-17H,9,13-14H2,1-4H3,(H,32,33,35). The number of imidazole rings is 1. The highest BCUT2D eigenvalue weighted by atomic mass is 35.5. The molecule has 0 spiro atoms. The number of rotatable bonds is 7. The molecule has 1 fully saturated rings. The third kappa shape index (κ3) is 5.85. The van der Waals surface area contributed by atoms with Gasteiger partial charge in [-0.05, 0) is 51.1 Å². The number of fused-ring (bicyclic) bond motifs is 2. The summed E-state index contributed by atoms with van der Waals surface area (Å²) in [7, 11) is 1.95. The van der Waals surface area contributed by atoms with Crippen LogP contribution < -0.4 is 15.0 Å². The van der Waals surface area contributed by atoms with Crippen LogP contribution in [-0.2, 0) is 16.6 Å². The SMILES string of the molecule is Cn1cnc2cc(Oc3ccc(Nc4ncnc5cnc(N6CC(CC(=O)OC(C)(C)C)C6)nc45)cc3Cl)ccc21. The first-order chi connectivity index (χ1) is 19.6. The molecule has 12 heteroatoms. The maximum absolute atomic E-state index is 12.2. The number of anilines is 3. The fourth-order valence-corrected chi connectivity index (χ4v) is 4.89. The van der Waals surface area contributed by atoms with Crippen LogP contribution >= 0.6 is 11.6 Å². The van der Waals surface area contributed by atoms with Crippen molar-refractivity contribution in [3.63, 3.8) is 0 Å². The van der Waals surface area contributed by atoms with Gasteiger partial charge in [-0.3, -0.25) is 4.79 Å². The lowest BCUT2D eigenvalue weighted by atomic mass is 9.97. The lowest BCUT2D eigenvalue weighted by Gasteiger charge is -2.39. The van der Waals surface area contributed by atoms with E-state index in [1.165, 1.54) is 6.33 Å². The zero-order valence-corrected chi connectivity index (χ0v) is 23.9. The number of esters is 1. The first kappa shape index (κ1) is 26.7. The molecule has 0 bridgehead atoms. The van der Waals surface area contributed by atoms with Gasteiger partial charge >= 0.3 is 5.97 Å². The molecule has 41 heavy (non-hydrogen) atoms. The number of carbonyl (C=O) groups is 1. The van der Waals surface area contributed by atoms with Crippen molar-refractivity contribution in [3.8, 4) is 11.5 Å². The second kappa shape index (κ2) is 10.5. The summed E-state index contributed by atoms with van der Waals surface area (Å²) < 4.78 is 13.4. The Morgan fingerprint density at radius 3 is 2.68 bits per heavy atom. The van der Waals surface area contributed by atoms with E-state index in [4.69, 9.17) is 26.1 Å². The van der Waals surface area contributed by atoms with Crippen LogP contribution in [0.5, 0.6) is 11.5 Å². The Labute approximate surface area is 241 Å². The van der Waals surface area contributed by atoms with Crippen LogP contribution in [0.3, 0.4) is 0 Å². The van der Waals surface area contributed by atoms with E-state index in [2.05, 4.69) is 25.3 Å². The first-order valence-corrected chi connectivity index (χ1v) is 13.6. The first-order valence-electron chi connectivity index (χ1n) is 13.2. The Morgan fingerprint density at radius 1 is 1.07 bits per heavy atom. The number of hydrogen-bond donors (Lipinski definition) is 1. The third-order valence-electron chi connectivity index (χ3n) is 6.60. The predicted octanol–water partition coefficient (Wildman–Crippen LogP) is 5.66. The summed E-state index contributed by atoms with van der Waals surface area (Å²) in [6.07, 6.45) is 5.27. The average Bonchev–Trinajstić information content (AvgIpc) is 3.26. The number of ether oxygens (including phenoxy) is 2. The highest BCUT2D eigenvalue weighted by Crippen LogP contribution is 2.34. The summed E-state index contributed by atoms with van der Waals surface area (Å²) in [5.74, 6) is 2.25. The van der Waals surface area contributed by atoms with Crippen molar-refractivity contribution < 1.29 is 14.3 Å². The van der Waals surface area contributed by atoms with E-state index in [9.17, 15) is 4.79 Å². The van der Waals surface area contributed by atoms with Crippen molar-refractivity contribution in [2.24, 2.45) is 13.0 Å². The minimum Gasteiger partial charge on any atom is -0.460 e. The molecule has 2 aromatic carbocycles. The van der Waals surface area contributed by atoms with Crippen molar-refractivity contribution in [1.29, 1.82) is 0 Å². The van der Waals surface area contributed by atoms with Crippen molar-refractivity contribution in [1.82, 2.24) is 29.5 Å². The van der Waals surface area contributed by atoms with Crippen LogP contribution in [0.25, 0.3) is 22.1 Å². The number of nitrogens with zero attached hydrogens (tertiary/aromatic N) is 7. The summed E-state index contributed by atoms with van der Waals surface area (Å²) in [5.41, 5.74) is 3.26. The molecule has 1 aliphatic heterocycles. The molecule has 1 N–H and O–H groups in total. The lowest BCUT2D eigenvalue weighted by Crippen LogP contribution is -2.48. The predicted molar refractivity (Wildman–Crippen MR) is 157 cm³/mol. The van der Waals surface area contributed by atoms with Crippen molar-refractivity contribution in [2.45, 2.75) is 32.8 Å². The maximum atomic E-state index is 12.2. The van der Waals surface area contributed by atoms with Crippen LogP contribution in [0.4, 0.5) is 17.5 Å². The summed E-state index contributed by atoms with van der Waals surface area (Å²) in [6, 6.07) is 11.1. The Bertz CT molecular complexity index is 1760. The maximum Gasteiger partial charge on any atom is 0.306 e. The fraction of sp³-hybridized carbons (Fsp3) is 0.310. The molecule has 0 saturated carbocycles. The van der Waals surface area contributed by atoms with E-state index in [1.54, 1.807) is 24.7 Å². The number of carbonyl (C=O) groups excluding carboxylic acids is 1. The van der Waals surface area contributed by atoms with Crippen LogP contribution in [0.2, 0.25) is 5.02 Å². The number of aryl methyl sites for hydroxylation is 1. The molecule has 0 radical (unpaired) electrons. The Kier molecular flexibility index (Phi) is 6.82. The largest absolute Gasteiger partial charge is 0.460 e. The van der Waals surface area contributed by atoms with Gasteiger partial charge in [0.1, 0.15) is 34.5 Å². The number of benzene rings is 2. The molecule has 3 aromatic heterocycles. The van der Waals surface area contributed by atoms with Gasteiger partial charge in [-0.1, -0.05) is 11.6 Å².